The third-order valence-corrected chi connectivity index (χ3v) is 5.75. The molecule has 2 heterocycles. The lowest BCUT2D eigenvalue weighted by atomic mass is 10.1. The minimum atomic E-state index is -0.101. The summed E-state index contributed by atoms with van der Waals surface area (Å²) in [6, 6.07) is 8.05. The van der Waals surface area contributed by atoms with Crippen LogP contribution < -0.4 is 10.6 Å². The fourth-order valence-corrected chi connectivity index (χ4v) is 4.00. The second-order valence-corrected chi connectivity index (χ2v) is 8.03. The maximum Gasteiger partial charge on any atom is 0.315 e. The summed E-state index contributed by atoms with van der Waals surface area (Å²) in [7, 11) is 0. The van der Waals surface area contributed by atoms with Gasteiger partial charge in [0.2, 0.25) is 0 Å². The van der Waals surface area contributed by atoms with Crippen LogP contribution >= 0.6 is 11.8 Å². The SMILES string of the molecule is CC1(CNC(=O)NCc2ccc(Cn3cncn3)cc2)CCCS1. The largest absolute Gasteiger partial charge is 0.337 e. The molecule has 0 bridgehead atoms. The van der Waals surface area contributed by atoms with Crippen LogP contribution in [0.2, 0.25) is 0 Å². The Morgan fingerprint density at radius 3 is 2.75 bits per heavy atom. The van der Waals surface area contributed by atoms with E-state index in [0.717, 1.165) is 17.7 Å². The molecule has 7 heteroatoms. The van der Waals surface area contributed by atoms with Crippen molar-refractivity contribution in [2.45, 2.75) is 37.6 Å². The molecule has 6 nitrogen and oxygen atoms in total. The maximum absolute atomic E-state index is 11.9. The fourth-order valence-electron chi connectivity index (χ4n) is 2.75. The zero-order chi connectivity index (χ0) is 16.8. The molecule has 0 saturated carbocycles. The van der Waals surface area contributed by atoms with Gasteiger partial charge in [-0.25, -0.2) is 14.5 Å². The number of amides is 2. The molecule has 24 heavy (non-hydrogen) atoms. The molecule has 128 valence electrons. The van der Waals surface area contributed by atoms with Gasteiger partial charge < -0.3 is 10.6 Å². The number of hydrogen-bond acceptors (Lipinski definition) is 4. The quantitative estimate of drug-likeness (QED) is 0.843. The van der Waals surface area contributed by atoms with Crippen molar-refractivity contribution in [3.63, 3.8) is 0 Å². The van der Waals surface area contributed by atoms with Crippen LogP contribution in [0.15, 0.2) is 36.9 Å². The molecule has 2 amide bonds. The van der Waals surface area contributed by atoms with Crippen LogP contribution in [0.5, 0.6) is 0 Å². The second kappa shape index (κ2) is 7.70. The van der Waals surface area contributed by atoms with Crippen molar-refractivity contribution >= 4 is 17.8 Å². The van der Waals surface area contributed by atoms with E-state index in [1.54, 1.807) is 11.0 Å². The van der Waals surface area contributed by atoms with Gasteiger partial charge in [0.25, 0.3) is 0 Å². The molecule has 3 rings (SSSR count). The smallest absolute Gasteiger partial charge is 0.315 e. The lowest BCUT2D eigenvalue weighted by Gasteiger charge is -2.22. The van der Waals surface area contributed by atoms with Gasteiger partial charge in [-0.2, -0.15) is 16.9 Å². The van der Waals surface area contributed by atoms with E-state index in [1.807, 2.05) is 36.0 Å². The van der Waals surface area contributed by atoms with Gasteiger partial charge in [0.15, 0.2) is 0 Å². The zero-order valence-electron chi connectivity index (χ0n) is 13.9. The number of rotatable bonds is 6. The highest BCUT2D eigenvalue weighted by Crippen LogP contribution is 2.36. The van der Waals surface area contributed by atoms with Crippen LogP contribution in [0.3, 0.4) is 0 Å². The predicted octanol–water partition coefficient (Wildman–Crippen LogP) is 2.41. The summed E-state index contributed by atoms with van der Waals surface area (Å²) in [6.45, 7) is 4.17. The lowest BCUT2D eigenvalue weighted by molar-refractivity contribution is 0.239. The van der Waals surface area contributed by atoms with Crippen molar-refractivity contribution in [2.24, 2.45) is 0 Å². The Morgan fingerprint density at radius 2 is 2.08 bits per heavy atom. The molecule has 1 aliphatic heterocycles. The zero-order valence-corrected chi connectivity index (χ0v) is 14.7. The molecule has 0 spiro atoms. The predicted molar refractivity (Wildman–Crippen MR) is 95.9 cm³/mol. The monoisotopic (exact) mass is 345 g/mol. The molecule has 1 unspecified atom stereocenters. The van der Waals surface area contributed by atoms with E-state index in [2.05, 4.69) is 27.6 Å². The highest BCUT2D eigenvalue weighted by Gasteiger charge is 2.29. The molecule has 1 aromatic carbocycles. The summed E-state index contributed by atoms with van der Waals surface area (Å²) < 4.78 is 1.97. The molecule has 1 saturated heterocycles. The highest BCUT2D eigenvalue weighted by molar-refractivity contribution is 8.00. The Morgan fingerprint density at radius 1 is 1.29 bits per heavy atom. The first-order valence-corrected chi connectivity index (χ1v) is 9.17. The van der Waals surface area contributed by atoms with E-state index >= 15 is 0 Å². The summed E-state index contributed by atoms with van der Waals surface area (Å²) in [6.07, 6.45) is 5.64. The number of benzene rings is 1. The van der Waals surface area contributed by atoms with Gasteiger partial charge in [-0.05, 0) is 36.6 Å². The Balaban J connectivity index is 1.41. The van der Waals surface area contributed by atoms with E-state index in [-0.39, 0.29) is 10.8 Å². The summed E-state index contributed by atoms with van der Waals surface area (Å²) in [4.78, 5) is 15.9. The van der Waals surface area contributed by atoms with Crippen molar-refractivity contribution in [1.29, 1.82) is 0 Å². The summed E-state index contributed by atoms with van der Waals surface area (Å²) in [5.41, 5.74) is 2.23. The Bertz CT molecular complexity index is 650. The Hall–Kier alpha value is -2.02. The highest BCUT2D eigenvalue weighted by atomic mass is 32.2. The number of thioether (sulfide) groups is 1. The van der Waals surface area contributed by atoms with Gasteiger partial charge in [0.05, 0.1) is 6.54 Å². The number of carbonyl (C=O) groups is 1. The standard InChI is InChI=1S/C17H23N5OS/c1-17(7-2-8-24-17)11-20-16(23)19-9-14-3-5-15(6-4-14)10-22-13-18-12-21-22/h3-6,12-13H,2,7-11H2,1H3,(H2,19,20,23). The van der Waals surface area contributed by atoms with Gasteiger partial charge in [-0.3, -0.25) is 0 Å². The van der Waals surface area contributed by atoms with Crippen LogP contribution in [0, 0.1) is 0 Å². The van der Waals surface area contributed by atoms with Crippen LogP contribution in [0.4, 0.5) is 4.79 Å². The van der Waals surface area contributed by atoms with E-state index in [0.29, 0.717) is 13.1 Å². The first-order chi connectivity index (χ1) is 11.6. The summed E-state index contributed by atoms with van der Waals surface area (Å²) >= 11 is 1.95. The van der Waals surface area contributed by atoms with Crippen LogP contribution in [-0.2, 0) is 13.1 Å². The average molecular weight is 345 g/mol. The third-order valence-electron chi connectivity index (χ3n) is 4.21. The number of hydrogen-bond donors (Lipinski definition) is 2. The van der Waals surface area contributed by atoms with Crippen LogP contribution in [-0.4, -0.2) is 37.8 Å². The van der Waals surface area contributed by atoms with Gasteiger partial charge in [-0.1, -0.05) is 24.3 Å². The lowest BCUT2D eigenvalue weighted by Crippen LogP contribution is -2.42. The topological polar surface area (TPSA) is 71.8 Å². The first-order valence-electron chi connectivity index (χ1n) is 8.19. The van der Waals surface area contributed by atoms with E-state index < -0.39 is 0 Å². The number of aromatic nitrogens is 3. The van der Waals surface area contributed by atoms with E-state index in [1.165, 1.54) is 24.9 Å². The summed E-state index contributed by atoms with van der Waals surface area (Å²) in [5.74, 6) is 1.20. The number of carbonyl (C=O) groups excluding carboxylic acids is 1. The number of nitrogens with zero attached hydrogens (tertiary/aromatic N) is 3. The number of urea groups is 1. The van der Waals surface area contributed by atoms with Crippen molar-refractivity contribution in [1.82, 2.24) is 25.4 Å². The molecule has 2 aromatic rings. The minimum Gasteiger partial charge on any atom is -0.337 e. The molecule has 2 N–H and O–H groups in total. The Labute approximate surface area is 146 Å². The molecule has 0 radical (unpaired) electrons. The number of nitrogens with one attached hydrogen (secondary N) is 2. The average Bonchev–Trinajstić information content (AvgIpc) is 3.25. The minimum absolute atomic E-state index is 0.101. The van der Waals surface area contributed by atoms with Gasteiger partial charge >= 0.3 is 6.03 Å². The Kier molecular flexibility index (Phi) is 5.40. The van der Waals surface area contributed by atoms with Gasteiger partial charge in [0, 0.05) is 17.8 Å². The van der Waals surface area contributed by atoms with Crippen LogP contribution in [0.25, 0.3) is 0 Å². The van der Waals surface area contributed by atoms with E-state index in [4.69, 9.17) is 0 Å². The normalized spacial score (nSPS) is 20.0. The van der Waals surface area contributed by atoms with Crippen molar-refractivity contribution in [3.05, 3.63) is 48.0 Å². The molecule has 1 aliphatic rings. The van der Waals surface area contributed by atoms with Gasteiger partial charge in [0.1, 0.15) is 12.7 Å². The van der Waals surface area contributed by atoms with Crippen molar-refractivity contribution in [2.75, 3.05) is 12.3 Å². The maximum atomic E-state index is 11.9. The molecule has 1 atom stereocenters. The molecular formula is C17H23N5OS. The molecular weight excluding hydrogens is 322 g/mol. The van der Waals surface area contributed by atoms with Gasteiger partial charge in [-0.15, -0.1) is 0 Å². The second-order valence-electron chi connectivity index (χ2n) is 6.35. The molecule has 0 aliphatic carbocycles. The molecule has 1 aromatic heterocycles. The van der Waals surface area contributed by atoms with Crippen LogP contribution in [0.1, 0.15) is 30.9 Å². The third kappa shape index (κ3) is 4.74. The first kappa shape index (κ1) is 16.8. The summed E-state index contributed by atoms with van der Waals surface area (Å²) in [5, 5.41) is 10.00. The van der Waals surface area contributed by atoms with Crippen molar-refractivity contribution in [3.8, 4) is 0 Å². The molecule has 1 fully saturated rings. The van der Waals surface area contributed by atoms with E-state index in [9.17, 15) is 4.79 Å². The fraction of sp³-hybridized carbons (Fsp3) is 0.471. The van der Waals surface area contributed by atoms with Crippen molar-refractivity contribution < 1.29 is 4.79 Å².